The van der Waals surface area contributed by atoms with Gasteiger partial charge in [-0.05, 0) is 31.3 Å². The largest absolute Gasteiger partial charge is 0.368 e. The zero-order valence-corrected chi connectivity index (χ0v) is 21.1. The molecule has 0 aromatic carbocycles. The van der Waals surface area contributed by atoms with Gasteiger partial charge < -0.3 is 20.1 Å². The first-order chi connectivity index (χ1) is 18.0. The maximum Gasteiger partial charge on any atom is 0.226 e. The van der Waals surface area contributed by atoms with E-state index in [4.69, 9.17) is 0 Å². The molecule has 0 aliphatic carbocycles. The SMILES string of the molecule is CC(C)C(=O)Nc1cncc(-c2cc3c(-c4cc5c(N6CCN(C)CC6)ccnc5[nH]4)n[nH]c3cn2)c1. The fraction of sp³-hybridized carbons (Fsp3) is 0.296. The number of H-pyrrole nitrogens is 2. The highest BCUT2D eigenvalue weighted by Crippen LogP contribution is 2.34. The number of amides is 1. The highest BCUT2D eigenvalue weighted by molar-refractivity contribution is 5.99. The summed E-state index contributed by atoms with van der Waals surface area (Å²) in [5.74, 6) is -0.169. The van der Waals surface area contributed by atoms with E-state index in [1.54, 1.807) is 18.6 Å². The summed E-state index contributed by atoms with van der Waals surface area (Å²) in [4.78, 5) is 33.9. The quantitative estimate of drug-likeness (QED) is 0.338. The van der Waals surface area contributed by atoms with Crippen LogP contribution in [0, 0.1) is 5.92 Å². The molecule has 1 aliphatic rings. The third kappa shape index (κ3) is 4.40. The molecule has 5 aromatic rings. The smallest absolute Gasteiger partial charge is 0.226 e. The fourth-order valence-electron chi connectivity index (χ4n) is 4.68. The number of aromatic amines is 2. The summed E-state index contributed by atoms with van der Waals surface area (Å²) in [6.07, 6.45) is 7.02. The van der Waals surface area contributed by atoms with Gasteiger partial charge in [-0.1, -0.05) is 13.8 Å². The first kappa shape index (κ1) is 23.1. The predicted octanol–water partition coefficient (Wildman–Crippen LogP) is 3.91. The van der Waals surface area contributed by atoms with Gasteiger partial charge in [0, 0.05) is 66.5 Å². The van der Waals surface area contributed by atoms with Gasteiger partial charge in [0.15, 0.2) is 0 Å². The van der Waals surface area contributed by atoms with Crippen LogP contribution in [0.4, 0.5) is 11.4 Å². The molecule has 6 rings (SSSR count). The minimum absolute atomic E-state index is 0.0529. The highest BCUT2D eigenvalue weighted by Gasteiger charge is 2.20. The maximum atomic E-state index is 12.1. The highest BCUT2D eigenvalue weighted by atomic mass is 16.1. The number of carbonyl (C=O) groups excluding carboxylic acids is 1. The first-order valence-electron chi connectivity index (χ1n) is 12.5. The van der Waals surface area contributed by atoms with E-state index in [0.717, 1.165) is 70.8 Å². The maximum absolute atomic E-state index is 12.1. The van der Waals surface area contributed by atoms with Crippen molar-refractivity contribution < 1.29 is 4.79 Å². The average Bonchev–Trinajstić information content (AvgIpc) is 3.53. The first-order valence-corrected chi connectivity index (χ1v) is 12.5. The summed E-state index contributed by atoms with van der Waals surface area (Å²) in [6, 6.07) is 8.11. The van der Waals surface area contributed by atoms with E-state index in [1.165, 1.54) is 5.69 Å². The Morgan fingerprint density at radius 2 is 1.86 bits per heavy atom. The van der Waals surface area contributed by atoms with Crippen LogP contribution in [0.3, 0.4) is 0 Å². The van der Waals surface area contributed by atoms with Crippen molar-refractivity contribution in [2.45, 2.75) is 13.8 Å². The third-order valence-electron chi connectivity index (χ3n) is 6.88. The lowest BCUT2D eigenvalue weighted by molar-refractivity contribution is -0.118. The molecule has 0 bridgehead atoms. The number of anilines is 2. The number of hydrogen-bond acceptors (Lipinski definition) is 7. The van der Waals surface area contributed by atoms with E-state index in [2.05, 4.69) is 64.4 Å². The molecule has 3 N–H and O–H groups in total. The van der Waals surface area contributed by atoms with Crippen molar-refractivity contribution >= 4 is 39.2 Å². The minimum Gasteiger partial charge on any atom is -0.368 e. The van der Waals surface area contributed by atoms with Crippen molar-refractivity contribution in [3.8, 4) is 22.6 Å². The molecule has 10 nitrogen and oxygen atoms in total. The van der Waals surface area contributed by atoms with Crippen LogP contribution < -0.4 is 10.2 Å². The molecule has 1 amide bonds. The second kappa shape index (κ2) is 9.29. The molecule has 37 heavy (non-hydrogen) atoms. The Morgan fingerprint density at radius 3 is 2.68 bits per heavy atom. The molecule has 0 atom stereocenters. The Hall–Kier alpha value is -4.31. The molecular formula is C27H29N9O. The molecule has 10 heteroatoms. The van der Waals surface area contributed by atoms with Crippen LogP contribution in [0.15, 0.2) is 49.1 Å². The summed E-state index contributed by atoms with van der Waals surface area (Å²) in [7, 11) is 2.16. The summed E-state index contributed by atoms with van der Waals surface area (Å²) >= 11 is 0. The second-order valence-corrected chi connectivity index (χ2v) is 9.86. The van der Waals surface area contributed by atoms with Gasteiger partial charge >= 0.3 is 0 Å². The molecule has 1 fully saturated rings. The van der Waals surface area contributed by atoms with E-state index in [9.17, 15) is 4.79 Å². The number of pyridine rings is 3. The van der Waals surface area contributed by atoms with Crippen molar-refractivity contribution in [1.82, 2.24) is 35.0 Å². The van der Waals surface area contributed by atoms with E-state index in [0.29, 0.717) is 5.69 Å². The zero-order valence-electron chi connectivity index (χ0n) is 21.1. The molecule has 6 heterocycles. The number of rotatable bonds is 5. The van der Waals surface area contributed by atoms with Crippen LogP contribution >= 0.6 is 0 Å². The predicted molar refractivity (Wildman–Crippen MR) is 145 cm³/mol. The Labute approximate surface area is 214 Å². The van der Waals surface area contributed by atoms with Gasteiger partial charge in [-0.15, -0.1) is 0 Å². The van der Waals surface area contributed by atoms with E-state index >= 15 is 0 Å². The van der Waals surface area contributed by atoms with Gasteiger partial charge in [0.05, 0.1) is 35.0 Å². The molecule has 1 saturated heterocycles. The van der Waals surface area contributed by atoms with Crippen LogP contribution in [-0.4, -0.2) is 74.2 Å². The van der Waals surface area contributed by atoms with Crippen LogP contribution in [-0.2, 0) is 4.79 Å². The van der Waals surface area contributed by atoms with Gasteiger partial charge in [0.2, 0.25) is 5.91 Å². The molecule has 1 aliphatic heterocycles. The molecule has 0 radical (unpaired) electrons. The van der Waals surface area contributed by atoms with Crippen molar-refractivity contribution in [3.05, 3.63) is 49.1 Å². The lowest BCUT2D eigenvalue weighted by atomic mass is 10.1. The summed E-state index contributed by atoms with van der Waals surface area (Å²) in [5, 5.41) is 12.6. The van der Waals surface area contributed by atoms with Crippen LogP contribution in [0.5, 0.6) is 0 Å². The topological polar surface area (TPSA) is 119 Å². The van der Waals surface area contributed by atoms with Crippen LogP contribution in [0.2, 0.25) is 0 Å². The number of hydrogen-bond donors (Lipinski definition) is 3. The summed E-state index contributed by atoms with van der Waals surface area (Å²) in [5.41, 5.74) is 6.76. The standard InChI is InChI=1S/C27H29N9O/c1-16(2)27(37)31-18-10-17(13-28-14-18)21-11-19-23(15-30-21)33-34-25(19)22-12-20-24(4-5-29-26(20)32-22)36-8-6-35(3)7-9-36/h4-5,10-16H,6-9H2,1-3H3,(H,29,32)(H,31,37)(H,33,34). The van der Waals surface area contributed by atoms with E-state index < -0.39 is 0 Å². The van der Waals surface area contributed by atoms with Crippen molar-refractivity contribution in [2.75, 3.05) is 43.4 Å². The van der Waals surface area contributed by atoms with Crippen LogP contribution in [0.25, 0.3) is 44.6 Å². The number of nitrogens with zero attached hydrogens (tertiary/aromatic N) is 6. The Morgan fingerprint density at radius 1 is 1.03 bits per heavy atom. The Balaban J connectivity index is 1.36. The molecule has 0 saturated carbocycles. The van der Waals surface area contributed by atoms with Gasteiger partial charge in [-0.3, -0.25) is 19.9 Å². The fourth-order valence-corrected chi connectivity index (χ4v) is 4.68. The lowest BCUT2D eigenvalue weighted by Crippen LogP contribution is -2.44. The number of aromatic nitrogens is 6. The normalized spacial score (nSPS) is 14.6. The summed E-state index contributed by atoms with van der Waals surface area (Å²) < 4.78 is 0. The van der Waals surface area contributed by atoms with Crippen molar-refractivity contribution in [1.29, 1.82) is 0 Å². The van der Waals surface area contributed by atoms with Crippen molar-refractivity contribution in [3.63, 3.8) is 0 Å². The number of likely N-dealkylation sites (N-methyl/N-ethyl adjacent to an activating group) is 1. The van der Waals surface area contributed by atoms with E-state index in [1.807, 2.05) is 32.2 Å². The van der Waals surface area contributed by atoms with Gasteiger partial charge in [-0.25, -0.2) is 4.98 Å². The average molecular weight is 496 g/mol. The second-order valence-electron chi connectivity index (χ2n) is 9.86. The molecule has 0 unspecified atom stereocenters. The Bertz CT molecular complexity index is 1590. The molecule has 0 spiro atoms. The van der Waals surface area contributed by atoms with Gasteiger partial charge in [0.1, 0.15) is 11.3 Å². The number of carbonyl (C=O) groups is 1. The number of nitrogens with one attached hydrogen (secondary N) is 3. The van der Waals surface area contributed by atoms with Gasteiger partial charge in [0.25, 0.3) is 0 Å². The molecular weight excluding hydrogens is 466 g/mol. The van der Waals surface area contributed by atoms with Crippen LogP contribution in [0.1, 0.15) is 13.8 Å². The summed E-state index contributed by atoms with van der Waals surface area (Å²) in [6.45, 7) is 7.77. The Kier molecular flexibility index (Phi) is 5.80. The van der Waals surface area contributed by atoms with Crippen molar-refractivity contribution in [2.24, 2.45) is 5.92 Å². The monoisotopic (exact) mass is 495 g/mol. The zero-order chi connectivity index (χ0) is 25.5. The number of fused-ring (bicyclic) bond motifs is 2. The molecule has 5 aromatic heterocycles. The van der Waals surface area contributed by atoms with E-state index in [-0.39, 0.29) is 11.8 Å². The third-order valence-corrected chi connectivity index (χ3v) is 6.88. The van der Waals surface area contributed by atoms with Gasteiger partial charge in [-0.2, -0.15) is 5.10 Å². The lowest BCUT2D eigenvalue weighted by Gasteiger charge is -2.34. The molecule has 188 valence electrons. The number of piperazine rings is 1. The minimum atomic E-state index is -0.116.